The summed E-state index contributed by atoms with van der Waals surface area (Å²) in [6.07, 6.45) is 0. The van der Waals surface area contributed by atoms with Gasteiger partial charge in [0.1, 0.15) is 6.54 Å². The van der Waals surface area contributed by atoms with Crippen LogP contribution >= 0.6 is 0 Å². The number of aryl methyl sites for hydroxylation is 2. The smallest absolute Gasteiger partial charge is 0.247 e. The number of anilines is 2. The maximum Gasteiger partial charge on any atom is 0.247 e. The van der Waals surface area contributed by atoms with Crippen molar-refractivity contribution in [2.75, 3.05) is 22.9 Å². The summed E-state index contributed by atoms with van der Waals surface area (Å²) in [5.41, 5.74) is 3.85. The van der Waals surface area contributed by atoms with Crippen LogP contribution in [0, 0.1) is 13.8 Å². The molecular weight excluding hydrogens is 300 g/mol. The van der Waals surface area contributed by atoms with Crippen molar-refractivity contribution in [1.29, 1.82) is 0 Å². The summed E-state index contributed by atoms with van der Waals surface area (Å²) in [5.74, 6) is -0.243. The summed E-state index contributed by atoms with van der Waals surface area (Å²) in [7, 11) is 0. The van der Waals surface area contributed by atoms with Crippen LogP contribution in [0.4, 0.5) is 11.4 Å². The average Bonchev–Trinajstić information content (AvgIpc) is 2.57. The van der Waals surface area contributed by atoms with Crippen LogP contribution in [0.15, 0.2) is 48.5 Å². The first-order valence-corrected chi connectivity index (χ1v) is 8.14. The first-order valence-electron chi connectivity index (χ1n) is 8.14. The maximum atomic E-state index is 12.7. The molecule has 0 fully saturated rings. The fourth-order valence-electron chi connectivity index (χ4n) is 2.61. The molecule has 4 nitrogen and oxygen atoms in total. The number of carbonyl (C=O) groups is 2. The molecule has 2 aromatic rings. The van der Waals surface area contributed by atoms with Gasteiger partial charge in [-0.25, -0.2) is 0 Å². The van der Waals surface area contributed by atoms with E-state index in [4.69, 9.17) is 0 Å². The number of nitrogens with zero attached hydrogens (tertiary/aromatic N) is 2. The lowest BCUT2D eigenvalue weighted by molar-refractivity contribution is -0.121. The summed E-state index contributed by atoms with van der Waals surface area (Å²) in [5, 5.41) is 0. The highest BCUT2D eigenvalue weighted by atomic mass is 16.2. The average molecular weight is 324 g/mol. The van der Waals surface area contributed by atoms with Gasteiger partial charge in [0.05, 0.1) is 0 Å². The molecule has 0 N–H and O–H groups in total. The number of hydrogen-bond donors (Lipinski definition) is 0. The zero-order chi connectivity index (χ0) is 17.7. The summed E-state index contributed by atoms with van der Waals surface area (Å²) >= 11 is 0. The van der Waals surface area contributed by atoms with Gasteiger partial charge in [-0.3, -0.25) is 9.59 Å². The summed E-state index contributed by atoms with van der Waals surface area (Å²) in [6, 6.07) is 15.3. The van der Waals surface area contributed by atoms with Gasteiger partial charge in [-0.05, 0) is 56.2 Å². The molecule has 0 aliphatic rings. The third kappa shape index (κ3) is 4.02. The minimum Gasteiger partial charge on any atom is -0.311 e. The molecule has 0 heterocycles. The minimum atomic E-state index is -0.143. The van der Waals surface area contributed by atoms with Crippen molar-refractivity contribution in [1.82, 2.24) is 0 Å². The quantitative estimate of drug-likeness (QED) is 0.841. The highest BCUT2D eigenvalue weighted by Crippen LogP contribution is 2.20. The van der Waals surface area contributed by atoms with Crippen molar-refractivity contribution < 1.29 is 9.59 Å². The normalized spacial score (nSPS) is 10.3. The van der Waals surface area contributed by atoms with Crippen LogP contribution < -0.4 is 9.80 Å². The topological polar surface area (TPSA) is 40.6 Å². The standard InChI is InChI=1S/C20H24N2O2/c1-5-21(18-9-7-6-8-10-18)20(24)14-22(17(4)23)19-12-11-15(2)16(3)13-19/h6-13H,5,14H2,1-4H3. The second-order valence-electron chi connectivity index (χ2n) is 5.85. The number of carbonyl (C=O) groups excluding carboxylic acids is 2. The molecule has 4 heteroatoms. The van der Waals surface area contributed by atoms with Crippen molar-refractivity contribution in [3.63, 3.8) is 0 Å². The molecule has 2 amide bonds. The molecule has 0 radical (unpaired) electrons. The van der Waals surface area contributed by atoms with Crippen LogP contribution in [0.1, 0.15) is 25.0 Å². The highest BCUT2D eigenvalue weighted by Gasteiger charge is 2.21. The largest absolute Gasteiger partial charge is 0.311 e. The van der Waals surface area contributed by atoms with Crippen molar-refractivity contribution in [2.24, 2.45) is 0 Å². The minimum absolute atomic E-state index is 0.0283. The fourth-order valence-corrected chi connectivity index (χ4v) is 2.61. The molecule has 126 valence electrons. The molecule has 0 saturated carbocycles. The Bertz CT molecular complexity index is 726. The van der Waals surface area contributed by atoms with Crippen LogP contribution in [0.25, 0.3) is 0 Å². The number of amides is 2. The monoisotopic (exact) mass is 324 g/mol. The lowest BCUT2D eigenvalue weighted by atomic mass is 10.1. The van der Waals surface area contributed by atoms with Crippen LogP contribution in [-0.2, 0) is 9.59 Å². The Labute approximate surface area is 143 Å². The van der Waals surface area contributed by atoms with E-state index in [0.717, 1.165) is 22.5 Å². The van der Waals surface area contributed by atoms with Gasteiger partial charge in [-0.2, -0.15) is 0 Å². The summed E-state index contributed by atoms with van der Waals surface area (Å²) < 4.78 is 0. The van der Waals surface area contributed by atoms with E-state index in [1.165, 1.54) is 11.8 Å². The van der Waals surface area contributed by atoms with Crippen molar-refractivity contribution >= 4 is 23.2 Å². The molecule has 2 aromatic carbocycles. The second-order valence-corrected chi connectivity index (χ2v) is 5.85. The Morgan fingerprint density at radius 2 is 1.54 bits per heavy atom. The lowest BCUT2D eigenvalue weighted by Gasteiger charge is -2.26. The SMILES string of the molecule is CCN(C(=O)CN(C(C)=O)c1ccc(C)c(C)c1)c1ccccc1. The van der Waals surface area contributed by atoms with Gasteiger partial charge in [-0.1, -0.05) is 24.3 Å². The van der Waals surface area contributed by atoms with E-state index in [0.29, 0.717) is 6.54 Å². The molecular formula is C20H24N2O2. The van der Waals surface area contributed by atoms with E-state index in [-0.39, 0.29) is 18.4 Å². The van der Waals surface area contributed by atoms with E-state index in [2.05, 4.69) is 0 Å². The Kier molecular flexibility index (Phi) is 5.74. The van der Waals surface area contributed by atoms with E-state index in [1.807, 2.05) is 69.3 Å². The Balaban J connectivity index is 2.25. The third-order valence-electron chi connectivity index (χ3n) is 4.16. The van der Waals surface area contributed by atoms with Gasteiger partial charge in [0, 0.05) is 24.8 Å². The van der Waals surface area contributed by atoms with E-state index in [1.54, 1.807) is 4.90 Å². The van der Waals surface area contributed by atoms with Gasteiger partial charge in [0.2, 0.25) is 11.8 Å². The highest BCUT2D eigenvalue weighted by molar-refractivity contribution is 6.03. The van der Waals surface area contributed by atoms with Crippen molar-refractivity contribution in [3.05, 3.63) is 59.7 Å². The predicted molar refractivity (Wildman–Crippen MR) is 98.4 cm³/mol. The molecule has 0 atom stereocenters. The van der Waals surface area contributed by atoms with E-state index in [9.17, 15) is 9.59 Å². The van der Waals surface area contributed by atoms with Crippen LogP contribution in [0.5, 0.6) is 0 Å². The van der Waals surface area contributed by atoms with Crippen molar-refractivity contribution in [3.8, 4) is 0 Å². The number of para-hydroxylation sites is 1. The van der Waals surface area contributed by atoms with Crippen LogP contribution in [0.2, 0.25) is 0 Å². The fraction of sp³-hybridized carbons (Fsp3) is 0.300. The molecule has 2 rings (SSSR count). The molecule has 24 heavy (non-hydrogen) atoms. The first-order chi connectivity index (χ1) is 11.4. The molecule has 0 spiro atoms. The van der Waals surface area contributed by atoms with E-state index >= 15 is 0 Å². The third-order valence-corrected chi connectivity index (χ3v) is 4.16. The maximum absolute atomic E-state index is 12.7. The number of hydrogen-bond acceptors (Lipinski definition) is 2. The van der Waals surface area contributed by atoms with Crippen LogP contribution in [0.3, 0.4) is 0 Å². The van der Waals surface area contributed by atoms with Crippen molar-refractivity contribution in [2.45, 2.75) is 27.7 Å². The number of benzene rings is 2. The zero-order valence-corrected chi connectivity index (χ0v) is 14.7. The van der Waals surface area contributed by atoms with Gasteiger partial charge in [0.25, 0.3) is 0 Å². The van der Waals surface area contributed by atoms with E-state index < -0.39 is 0 Å². The van der Waals surface area contributed by atoms with Gasteiger partial charge in [-0.15, -0.1) is 0 Å². The molecule has 0 aliphatic heterocycles. The number of rotatable bonds is 5. The Morgan fingerprint density at radius 3 is 2.08 bits per heavy atom. The summed E-state index contributed by atoms with van der Waals surface area (Å²) in [6.45, 7) is 8.03. The lowest BCUT2D eigenvalue weighted by Crippen LogP contribution is -2.42. The van der Waals surface area contributed by atoms with Crippen LogP contribution in [-0.4, -0.2) is 24.9 Å². The van der Waals surface area contributed by atoms with Gasteiger partial charge in [0.15, 0.2) is 0 Å². The molecule has 0 aliphatic carbocycles. The summed E-state index contributed by atoms with van der Waals surface area (Å²) in [4.78, 5) is 28.0. The van der Waals surface area contributed by atoms with Gasteiger partial charge < -0.3 is 9.80 Å². The number of likely N-dealkylation sites (N-methyl/N-ethyl adjacent to an activating group) is 1. The second kappa shape index (κ2) is 7.77. The predicted octanol–water partition coefficient (Wildman–Crippen LogP) is 3.71. The zero-order valence-electron chi connectivity index (χ0n) is 14.7. The molecule has 0 saturated heterocycles. The Morgan fingerprint density at radius 1 is 0.875 bits per heavy atom. The molecule has 0 unspecified atom stereocenters. The molecule has 0 aromatic heterocycles. The first kappa shape index (κ1) is 17.7. The van der Waals surface area contributed by atoms with Gasteiger partial charge >= 0.3 is 0 Å². The Hall–Kier alpha value is -2.62. The molecule has 0 bridgehead atoms.